The van der Waals surface area contributed by atoms with Crippen LogP contribution in [0.1, 0.15) is 16.7 Å². The van der Waals surface area contributed by atoms with Gasteiger partial charge in [-0.15, -0.1) is 0 Å². The van der Waals surface area contributed by atoms with Crippen molar-refractivity contribution >= 4 is 58.1 Å². The van der Waals surface area contributed by atoms with Gasteiger partial charge in [-0.1, -0.05) is 70.7 Å². The summed E-state index contributed by atoms with van der Waals surface area (Å²) in [5, 5.41) is 11.7. The minimum Gasteiger partial charge on any atom is -0.488 e. The van der Waals surface area contributed by atoms with Gasteiger partial charge in [-0.25, -0.2) is 0 Å². The Morgan fingerprint density at radius 3 is 2.32 bits per heavy atom. The third-order valence-corrected chi connectivity index (χ3v) is 5.11. The molecule has 28 heavy (non-hydrogen) atoms. The maximum atomic E-state index is 9.64. The molecule has 0 atom stereocenters. The third kappa shape index (κ3) is 5.01. The van der Waals surface area contributed by atoms with Crippen LogP contribution >= 0.6 is 46.4 Å². The number of rotatable bonds is 5. The predicted octanol–water partition coefficient (Wildman–Crippen LogP) is 7.94. The number of allylic oxidation sites excluding steroid dienone is 1. The summed E-state index contributed by atoms with van der Waals surface area (Å²) in [5.41, 5.74) is 2.45. The molecule has 0 aliphatic rings. The smallest absolute Gasteiger partial charge is 0.127 e. The number of benzene rings is 3. The fourth-order valence-corrected chi connectivity index (χ4v) is 3.45. The molecule has 0 N–H and O–H groups in total. The Morgan fingerprint density at radius 1 is 0.893 bits per heavy atom. The van der Waals surface area contributed by atoms with Crippen molar-refractivity contribution in [3.63, 3.8) is 0 Å². The molecule has 0 heterocycles. The predicted molar refractivity (Wildman–Crippen MR) is 117 cm³/mol. The second-order valence-corrected chi connectivity index (χ2v) is 7.54. The van der Waals surface area contributed by atoms with E-state index in [1.54, 1.807) is 48.5 Å². The molecule has 0 amide bonds. The van der Waals surface area contributed by atoms with E-state index in [4.69, 9.17) is 51.1 Å². The minimum absolute atomic E-state index is 0.283. The van der Waals surface area contributed by atoms with Gasteiger partial charge in [0.2, 0.25) is 0 Å². The van der Waals surface area contributed by atoms with Gasteiger partial charge in [0.25, 0.3) is 0 Å². The summed E-state index contributed by atoms with van der Waals surface area (Å²) in [6.07, 6.45) is 1.68. The summed E-state index contributed by atoms with van der Waals surface area (Å²) in [6.45, 7) is 0.283. The van der Waals surface area contributed by atoms with E-state index in [0.29, 0.717) is 42.5 Å². The molecule has 0 unspecified atom stereocenters. The first kappa shape index (κ1) is 20.6. The molecular weight excluding hydrogens is 436 g/mol. The summed E-state index contributed by atoms with van der Waals surface area (Å²) >= 11 is 24.5. The topological polar surface area (TPSA) is 33.0 Å². The number of halogens is 4. The third-order valence-electron chi connectivity index (χ3n) is 3.95. The summed E-state index contributed by atoms with van der Waals surface area (Å²) in [5.74, 6) is 0.571. The highest BCUT2D eigenvalue weighted by molar-refractivity contribution is 6.36. The van der Waals surface area contributed by atoms with Gasteiger partial charge in [-0.05, 0) is 42.5 Å². The Morgan fingerprint density at radius 2 is 1.61 bits per heavy atom. The lowest BCUT2D eigenvalue weighted by atomic mass is 10.0. The van der Waals surface area contributed by atoms with E-state index in [1.807, 2.05) is 18.2 Å². The van der Waals surface area contributed by atoms with Gasteiger partial charge >= 0.3 is 0 Å². The molecule has 3 aromatic carbocycles. The zero-order valence-corrected chi connectivity index (χ0v) is 17.4. The number of ether oxygens (including phenoxy) is 1. The maximum Gasteiger partial charge on any atom is 0.127 e. The van der Waals surface area contributed by atoms with Crippen molar-refractivity contribution in [3.05, 3.63) is 97.4 Å². The molecule has 0 spiro atoms. The molecule has 0 fully saturated rings. The van der Waals surface area contributed by atoms with E-state index in [9.17, 15) is 5.26 Å². The first-order chi connectivity index (χ1) is 13.5. The highest BCUT2D eigenvalue weighted by Crippen LogP contribution is 2.32. The Bertz CT molecular complexity index is 1090. The van der Waals surface area contributed by atoms with Crippen molar-refractivity contribution in [1.82, 2.24) is 0 Å². The molecule has 3 rings (SSSR count). The molecule has 140 valence electrons. The van der Waals surface area contributed by atoms with Crippen molar-refractivity contribution in [2.45, 2.75) is 6.61 Å². The number of hydrogen-bond donors (Lipinski definition) is 0. The van der Waals surface area contributed by atoms with E-state index in [0.717, 1.165) is 5.56 Å². The van der Waals surface area contributed by atoms with Crippen LogP contribution in [0.25, 0.3) is 11.6 Å². The molecule has 0 saturated heterocycles. The highest BCUT2D eigenvalue weighted by atomic mass is 35.5. The zero-order chi connectivity index (χ0) is 20.1. The number of nitriles is 1. The summed E-state index contributed by atoms with van der Waals surface area (Å²) in [6, 6.07) is 19.8. The van der Waals surface area contributed by atoms with Crippen LogP contribution in [0.5, 0.6) is 5.75 Å². The second kappa shape index (κ2) is 9.37. The van der Waals surface area contributed by atoms with Crippen molar-refractivity contribution < 1.29 is 4.74 Å². The fraction of sp³-hybridized carbons (Fsp3) is 0.0455. The summed E-state index contributed by atoms with van der Waals surface area (Å²) in [4.78, 5) is 0. The normalized spacial score (nSPS) is 11.2. The van der Waals surface area contributed by atoms with Crippen LogP contribution in [-0.2, 0) is 6.61 Å². The molecule has 0 aliphatic carbocycles. The van der Waals surface area contributed by atoms with Crippen LogP contribution in [-0.4, -0.2) is 0 Å². The second-order valence-electron chi connectivity index (χ2n) is 5.86. The van der Waals surface area contributed by atoms with Crippen LogP contribution in [0.15, 0.2) is 60.7 Å². The Hall–Kier alpha value is -2.15. The average Bonchev–Trinajstić information content (AvgIpc) is 2.67. The van der Waals surface area contributed by atoms with Gasteiger partial charge in [0, 0.05) is 31.8 Å². The van der Waals surface area contributed by atoms with E-state index in [-0.39, 0.29) is 6.61 Å². The van der Waals surface area contributed by atoms with Crippen molar-refractivity contribution in [1.29, 1.82) is 5.26 Å². The van der Waals surface area contributed by atoms with Crippen LogP contribution in [0, 0.1) is 11.3 Å². The first-order valence-electron chi connectivity index (χ1n) is 8.21. The number of nitrogens with zero attached hydrogens (tertiary/aromatic N) is 1. The van der Waals surface area contributed by atoms with Gasteiger partial charge in [0.15, 0.2) is 0 Å². The number of hydrogen-bond acceptors (Lipinski definition) is 2. The molecule has 2 nitrogen and oxygen atoms in total. The molecule has 0 bridgehead atoms. The maximum absolute atomic E-state index is 9.64. The van der Waals surface area contributed by atoms with Gasteiger partial charge in [-0.3, -0.25) is 0 Å². The van der Waals surface area contributed by atoms with E-state index in [2.05, 4.69) is 6.07 Å². The van der Waals surface area contributed by atoms with E-state index in [1.165, 1.54) is 0 Å². The van der Waals surface area contributed by atoms with Crippen molar-refractivity contribution in [2.24, 2.45) is 0 Å². The molecule has 0 aliphatic heterocycles. The first-order valence-corrected chi connectivity index (χ1v) is 9.72. The molecule has 6 heteroatoms. The molecular formula is C22H13Cl4NO. The molecule has 0 saturated carbocycles. The van der Waals surface area contributed by atoms with Gasteiger partial charge in [-0.2, -0.15) is 5.26 Å². The monoisotopic (exact) mass is 447 g/mol. The van der Waals surface area contributed by atoms with Crippen LogP contribution in [0.2, 0.25) is 20.1 Å². The zero-order valence-electron chi connectivity index (χ0n) is 14.4. The summed E-state index contributed by atoms with van der Waals surface area (Å²) < 4.78 is 5.94. The average molecular weight is 449 g/mol. The fourth-order valence-electron chi connectivity index (χ4n) is 2.57. The van der Waals surface area contributed by atoms with E-state index >= 15 is 0 Å². The molecule has 0 aromatic heterocycles. The van der Waals surface area contributed by atoms with E-state index < -0.39 is 0 Å². The summed E-state index contributed by atoms with van der Waals surface area (Å²) in [7, 11) is 0. The highest BCUT2D eigenvalue weighted by Gasteiger charge is 2.11. The quantitative estimate of drug-likeness (QED) is 0.293. The van der Waals surface area contributed by atoms with Gasteiger partial charge < -0.3 is 4.74 Å². The SMILES string of the molecule is N#C/C(=C\c1cc(Cl)ccc1OCc1ccccc1Cl)c1ccc(Cl)cc1Cl. The Kier molecular flexibility index (Phi) is 6.88. The molecule has 3 aromatic rings. The Labute approximate surface area is 183 Å². The lowest BCUT2D eigenvalue weighted by Gasteiger charge is -2.12. The van der Waals surface area contributed by atoms with Crippen molar-refractivity contribution in [3.8, 4) is 11.8 Å². The lowest BCUT2D eigenvalue weighted by Crippen LogP contribution is -1.98. The lowest BCUT2D eigenvalue weighted by molar-refractivity contribution is 0.305. The van der Waals surface area contributed by atoms with Crippen LogP contribution < -0.4 is 4.74 Å². The van der Waals surface area contributed by atoms with Crippen LogP contribution in [0.4, 0.5) is 0 Å². The minimum atomic E-state index is 0.283. The largest absolute Gasteiger partial charge is 0.488 e. The Balaban J connectivity index is 1.96. The van der Waals surface area contributed by atoms with Crippen LogP contribution in [0.3, 0.4) is 0 Å². The van der Waals surface area contributed by atoms with Gasteiger partial charge in [0.1, 0.15) is 12.4 Å². The molecule has 0 radical (unpaired) electrons. The van der Waals surface area contributed by atoms with Crippen molar-refractivity contribution in [2.75, 3.05) is 0 Å². The standard InChI is InChI=1S/C22H13Cl4NO/c23-17-6-8-22(28-13-14-3-1-2-4-20(14)25)15(10-17)9-16(12-27)19-7-5-18(24)11-21(19)26/h1-11H,13H2/b16-9+. The van der Waals surface area contributed by atoms with Gasteiger partial charge in [0.05, 0.1) is 16.7 Å².